The zero-order valence-electron chi connectivity index (χ0n) is 15.3. The third kappa shape index (κ3) is 6.04. The van der Waals surface area contributed by atoms with Crippen LogP contribution >= 0.6 is 15.9 Å². The van der Waals surface area contributed by atoms with Crippen LogP contribution in [0.5, 0.6) is 11.5 Å². The van der Waals surface area contributed by atoms with Crippen LogP contribution in [0.1, 0.15) is 35.8 Å². The van der Waals surface area contributed by atoms with E-state index < -0.39 is 0 Å². The van der Waals surface area contributed by atoms with Crippen LogP contribution in [0, 0.1) is 0 Å². The molecule has 0 saturated carbocycles. The zero-order valence-corrected chi connectivity index (χ0v) is 16.9. The first-order chi connectivity index (χ1) is 12.5. The van der Waals surface area contributed by atoms with Gasteiger partial charge in [-0.25, -0.2) is 0 Å². The molecule has 0 saturated heterocycles. The van der Waals surface area contributed by atoms with Crippen LogP contribution in [-0.4, -0.2) is 32.7 Å². The van der Waals surface area contributed by atoms with Crippen molar-refractivity contribution in [3.05, 3.63) is 58.1 Å². The molecule has 6 heteroatoms. The Labute approximate surface area is 163 Å². The summed E-state index contributed by atoms with van der Waals surface area (Å²) in [5.74, 6) is 1.40. The van der Waals surface area contributed by atoms with E-state index in [1.807, 2.05) is 31.2 Å². The van der Waals surface area contributed by atoms with E-state index in [-0.39, 0.29) is 11.9 Å². The summed E-state index contributed by atoms with van der Waals surface area (Å²) in [6.45, 7) is 5.76. The first-order valence-electron chi connectivity index (χ1n) is 8.62. The molecule has 0 aliphatic rings. The minimum Gasteiger partial charge on any atom is -0.497 e. The second kappa shape index (κ2) is 10.2. The van der Waals surface area contributed by atoms with Gasteiger partial charge in [-0.3, -0.25) is 4.79 Å². The topological polar surface area (TPSA) is 59.6 Å². The minimum absolute atomic E-state index is 0.108. The summed E-state index contributed by atoms with van der Waals surface area (Å²) in [5.41, 5.74) is 1.74. The lowest BCUT2D eigenvalue weighted by atomic mass is 10.1. The van der Waals surface area contributed by atoms with E-state index in [1.165, 1.54) is 0 Å². The van der Waals surface area contributed by atoms with Crippen molar-refractivity contribution >= 4 is 21.8 Å². The molecule has 0 radical (unpaired) electrons. The summed E-state index contributed by atoms with van der Waals surface area (Å²) in [7, 11) is 1.66. The molecule has 2 aromatic rings. The summed E-state index contributed by atoms with van der Waals surface area (Å²) in [6.07, 6.45) is 0. The lowest BCUT2D eigenvalue weighted by Gasteiger charge is -2.16. The summed E-state index contributed by atoms with van der Waals surface area (Å²) < 4.78 is 11.9. The van der Waals surface area contributed by atoms with Crippen LogP contribution in [0.15, 0.2) is 46.9 Å². The predicted molar refractivity (Wildman–Crippen MR) is 107 cm³/mol. The highest BCUT2D eigenvalue weighted by atomic mass is 79.9. The standard InChI is InChI=1S/C20H25BrN2O3/c1-4-22-20(24)16-10-17(21)13-19(12-16)26-9-8-23-14(2)15-6-5-7-18(11-15)25-3/h5-7,10-14,23H,4,8-9H2,1-3H3,(H,22,24)/t14-/m1/s1. The highest BCUT2D eigenvalue weighted by molar-refractivity contribution is 9.10. The van der Waals surface area contributed by atoms with Crippen molar-refractivity contribution in [2.24, 2.45) is 0 Å². The van der Waals surface area contributed by atoms with Gasteiger partial charge in [-0.15, -0.1) is 0 Å². The number of rotatable bonds is 9. The summed E-state index contributed by atoms with van der Waals surface area (Å²) in [6, 6.07) is 13.6. The quantitative estimate of drug-likeness (QED) is 0.603. The monoisotopic (exact) mass is 420 g/mol. The third-order valence-electron chi connectivity index (χ3n) is 3.89. The number of nitrogens with one attached hydrogen (secondary N) is 2. The fourth-order valence-electron chi connectivity index (χ4n) is 2.51. The minimum atomic E-state index is -0.108. The van der Waals surface area contributed by atoms with E-state index >= 15 is 0 Å². The highest BCUT2D eigenvalue weighted by Gasteiger charge is 2.09. The average molecular weight is 421 g/mol. The predicted octanol–water partition coefficient (Wildman–Crippen LogP) is 3.94. The molecule has 0 bridgehead atoms. The van der Waals surface area contributed by atoms with E-state index in [0.29, 0.717) is 31.0 Å². The Kier molecular flexibility index (Phi) is 7.94. The molecule has 1 atom stereocenters. The normalized spacial score (nSPS) is 11.7. The van der Waals surface area contributed by atoms with Crippen molar-refractivity contribution in [2.45, 2.75) is 19.9 Å². The van der Waals surface area contributed by atoms with Gasteiger partial charge < -0.3 is 20.1 Å². The highest BCUT2D eigenvalue weighted by Crippen LogP contribution is 2.22. The van der Waals surface area contributed by atoms with Crippen LogP contribution in [0.3, 0.4) is 0 Å². The van der Waals surface area contributed by atoms with Gasteiger partial charge in [0.15, 0.2) is 0 Å². The van der Waals surface area contributed by atoms with Crippen molar-refractivity contribution in [3.8, 4) is 11.5 Å². The van der Waals surface area contributed by atoms with Crippen LogP contribution < -0.4 is 20.1 Å². The Morgan fingerprint density at radius 2 is 2.00 bits per heavy atom. The molecule has 2 N–H and O–H groups in total. The summed E-state index contributed by atoms with van der Waals surface area (Å²) in [4.78, 5) is 12.0. The molecule has 0 aliphatic carbocycles. The molecular formula is C20H25BrN2O3. The van der Waals surface area contributed by atoms with Crippen molar-refractivity contribution in [3.63, 3.8) is 0 Å². The van der Waals surface area contributed by atoms with Gasteiger partial charge in [-0.2, -0.15) is 0 Å². The molecule has 0 spiro atoms. The smallest absolute Gasteiger partial charge is 0.251 e. The molecule has 2 rings (SSSR count). The molecule has 140 valence electrons. The average Bonchev–Trinajstić information content (AvgIpc) is 2.65. The Morgan fingerprint density at radius 3 is 2.73 bits per heavy atom. The molecule has 5 nitrogen and oxygen atoms in total. The van der Waals surface area contributed by atoms with Crippen LogP contribution in [0.25, 0.3) is 0 Å². The maximum Gasteiger partial charge on any atom is 0.251 e. The van der Waals surface area contributed by atoms with Gasteiger partial charge in [0.05, 0.1) is 7.11 Å². The number of halogens is 1. The molecule has 2 aromatic carbocycles. The number of methoxy groups -OCH3 is 1. The molecule has 1 amide bonds. The summed E-state index contributed by atoms with van der Waals surface area (Å²) in [5, 5.41) is 6.21. The van der Waals surface area contributed by atoms with E-state index in [4.69, 9.17) is 9.47 Å². The van der Waals surface area contributed by atoms with Gasteiger partial charge in [0.2, 0.25) is 0 Å². The Morgan fingerprint density at radius 1 is 1.19 bits per heavy atom. The van der Waals surface area contributed by atoms with Crippen LogP contribution in [0.2, 0.25) is 0 Å². The molecule has 0 unspecified atom stereocenters. The number of carbonyl (C=O) groups excluding carboxylic acids is 1. The summed E-state index contributed by atoms with van der Waals surface area (Å²) >= 11 is 3.42. The number of hydrogen-bond donors (Lipinski definition) is 2. The number of ether oxygens (including phenoxy) is 2. The lowest BCUT2D eigenvalue weighted by Crippen LogP contribution is -2.24. The molecule has 0 fully saturated rings. The molecule has 0 aromatic heterocycles. The second-order valence-electron chi connectivity index (χ2n) is 5.84. The number of hydrogen-bond acceptors (Lipinski definition) is 4. The van der Waals surface area contributed by atoms with E-state index in [9.17, 15) is 4.79 Å². The van der Waals surface area contributed by atoms with Crippen molar-refractivity contribution in [2.75, 3.05) is 26.8 Å². The first-order valence-corrected chi connectivity index (χ1v) is 9.41. The van der Waals surface area contributed by atoms with Crippen molar-refractivity contribution in [1.29, 1.82) is 0 Å². The fourth-order valence-corrected chi connectivity index (χ4v) is 2.99. The Hall–Kier alpha value is -2.05. The van der Waals surface area contributed by atoms with Crippen LogP contribution in [0.4, 0.5) is 0 Å². The molecular weight excluding hydrogens is 396 g/mol. The third-order valence-corrected chi connectivity index (χ3v) is 4.34. The van der Waals surface area contributed by atoms with Gasteiger partial charge in [-0.1, -0.05) is 28.1 Å². The molecule has 26 heavy (non-hydrogen) atoms. The lowest BCUT2D eigenvalue weighted by molar-refractivity contribution is 0.0955. The maximum absolute atomic E-state index is 12.0. The molecule has 0 heterocycles. The van der Waals surface area contributed by atoms with Gasteiger partial charge >= 0.3 is 0 Å². The van der Waals surface area contributed by atoms with E-state index in [1.54, 1.807) is 19.2 Å². The second-order valence-corrected chi connectivity index (χ2v) is 6.75. The van der Waals surface area contributed by atoms with Gasteiger partial charge in [0.25, 0.3) is 5.91 Å². The van der Waals surface area contributed by atoms with E-state index in [2.05, 4.69) is 39.6 Å². The van der Waals surface area contributed by atoms with Crippen molar-refractivity contribution in [1.82, 2.24) is 10.6 Å². The largest absolute Gasteiger partial charge is 0.497 e. The number of benzene rings is 2. The Balaban J connectivity index is 1.86. The fraction of sp³-hybridized carbons (Fsp3) is 0.350. The zero-order chi connectivity index (χ0) is 18.9. The van der Waals surface area contributed by atoms with E-state index in [0.717, 1.165) is 15.8 Å². The van der Waals surface area contributed by atoms with Gasteiger partial charge in [0.1, 0.15) is 18.1 Å². The molecule has 0 aliphatic heterocycles. The SMILES string of the molecule is CCNC(=O)c1cc(Br)cc(OCCN[C@H](C)c2cccc(OC)c2)c1. The number of carbonyl (C=O) groups is 1. The van der Waals surface area contributed by atoms with Gasteiger partial charge in [-0.05, 0) is 49.7 Å². The van der Waals surface area contributed by atoms with Crippen molar-refractivity contribution < 1.29 is 14.3 Å². The van der Waals surface area contributed by atoms with Gasteiger partial charge in [0, 0.05) is 29.2 Å². The first kappa shape index (κ1) is 20.3. The maximum atomic E-state index is 12.0. The number of amides is 1. The van der Waals surface area contributed by atoms with Crippen LogP contribution in [-0.2, 0) is 0 Å². The Bertz CT molecular complexity index is 737.